The summed E-state index contributed by atoms with van der Waals surface area (Å²) < 4.78 is 221. The van der Waals surface area contributed by atoms with Gasteiger partial charge in [-0.1, -0.05) is 29.5 Å². The van der Waals surface area contributed by atoms with Crippen molar-refractivity contribution in [2.75, 3.05) is 43.2 Å². The molecule has 0 saturated carbocycles. The Kier molecular flexibility index (Phi) is 18.9. The summed E-state index contributed by atoms with van der Waals surface area (Å²) in [6.45, 7) is -4.93. The summed E-state index contributed by atoms with van der Waals surface area (Å²) in [5.74, 6) is -6.30. The number of anilines is 1. The molecule has 0 unspecified atom stereocenters. The van der Waals surface area contributed by atoms with Crippen LogP contribution < -0.4 is 9.62 Å². The number of carboxylic acid groups (broad SMARTS) is 1. The molecule has 2 aliphatic rings. The van der Waals surface area contributed by atoms with E-state index in [-0.39, 0.29) is 38.6 Å². The molecular weight excluding hydrogens is 1270 g/mol. The number of carbonyl (C=O) groups excluding carboxylic acids is 3. The van der Waals surface area contributed by atoms with Gasteiger partial charge in [0.15, 0.2) is 21.3 Å². The molecule has 1 aliphatic heterocycles. The van der Waals surface area contributed by atoms with Gasteiger partial charge in [0.2, 0.25) is 22.7 Å². The summed E-state index contributed by atoms with van der Waals surface area (Å²) >= 11 is 6.75. The number of sulfonamides is 1. The Morgan fingerprint density at radius 1 is 0.977 bits per heavy atom. The van der Waals surface area contributed by atoms with Crippen molar-refractivity contribution in [2.45, 2.75) is 87.7 Å². The van der Waals surface area contributed by atoms with Crippen LogP contribution in [0, 0.1) is 41.7 Å². The molecule has 87 heavy (non-hydrogen) atoms. The van der Waals surface area contributed by atoms with Crippen molar-refractivity contribution in [3.05, 3.63) is 93.0 Å². The number of ether oxygens (including phenoxy) is 1. The maximum atomic E-state index is 15.8. The van der Waals surface area contributed by atoms with E-state index < -0.39 is 211 Å². The molecule has 3 atom stereocenters. The van der Waals surface area contributed by atoms with Gasteiger partial charge in [-0.2, -0.15) is 49.6 Å². The van der Waals surface area contributed by atoms with Crippen molar-refractivity contribution in [1.29, 1.82) is 0 Å². The number of alkyl halides is 8. The van der Waals surface area contributed by atoms with Crippen LogP contribution in [0.25, 0.3) is 22.0 Å². The van der Waals surface area contributed by atoms with E-state index in [1.807, 2.05) is 0 Å². The molecule has 1 saturated heterocycles. The maximum absolute atomic E-state index is 15.8. The molecule has 4 amide bonds. The third kappa shape index (κ3) is 15.2. The van der Waals surface area contributed by atoms with E-state index in [0.717, 1.165) is 47.6 Å². The fourth-order valence-corrected chi connectivity index (χ4v) is 11.0. The average molecular weight is 1320 g/mol. The molecule has 470 valence electrons. The number of nitrogens with zero attached hydrogens (tertiary/aromatic N) is 8. The van der Waals surface area contributed by atoms with Crippen LogP contribution in [0.5, 0.6) is 0 Å². The molecule has 3 aromatic heterocycles. The van der Waals surface area contributed by atoms with Crippen LogP contribution in [0.4, 0.5) is 59.3 Å². The monoisotopic (exact) mass is 1320 g/mol. The van der Waals surface area contributed by atoms with Gasteiger partial charge in [0.1, 0.15) is 47.4 Å². The lowest BCUT2D eigenvalue weighted by Gasteiger charge is -2.32. The van der Waals surface area contributed by atoms with Gasteiger partial charge in [-0.25, -0.2) is 49.3 Å². The number of hydrogen-bond acceptors (Lipinski definition) is 14. The van der Waals surface area contributed by atoms with Crippen LogP contribution in [-0.4, -0.2) is 146 Å². The number of benzene rings is 2. The summed E-state index contributed by atoms with van der Waals surface area (Å²) in [4.78, 5) is 77.7. The third-order valence-corrected chi connectivity index (χ3v) is 17.2. The lowest BCUT2D eigenvalue weighted by molar-refractivity contribution is -0.143. The zero-order chi connectivity index (χ0) is 64.9. The normalized spacial score (nSPS) is 16.6. The number of aromatic nitrogens is 5. The largest absolute Gasteiger partial charge is 0.480 e. The Hall–Kier alpha value is -7.53. The zero-order valence-electron chi connectivity index (χ0n) is 45.3. The fourth-order valence-electron chi connectivity index (χ4n) is 9.52. The highest BCUT2D eigenvalue weighted by Crippen LogP contribution is 2.50. The van der Waals surface area contributed by atoms with Gasteiger partial charge in [0, 0.05) is 42.1 Å². The number of halogens is 11. The van der Waals surface area contributed by atoms with Crippen LogP contribution in [0.3, 0.4) is 0 Å². The first kappa shape index (κ1) is 67.0. The number of phosphoric ester groups is 1. The maximum Gasteiger partial charge on any atom is 0.472 e. The van der Waals surface area contributed by atoms with Crippen LogP contribution in [0.1, 0.15) is 66.6 Å². The number of phosphoric acid groups is 1. The van der Waals surface area contributed by atoms with Gasteiger partial charge in [0.05, 0.1) is 45.9 Å². The molecule has 23 nitrogen and oxygen atoms in total. The first-order valence-electron chi connectivity index (χ1n) is 24.9. The Balaban J connectivity index is 1.45. The van der Waals surface area contributed by atoms with Crippen molar-refractivity contribution in [2.24, 2.45) is 5.92 Å². The highest BCUT2D eigenvalue weighted by Gasteiger charge is 2.56. The first-order valence-corrected chi connectivity index (χ1v) is 30.6. The Bertz CT molecular complexity index is 3970. The average Bonchev–Trinajstić information content (AvgIpc) is 1.61. The molecule has 37 heteroatoms. The van der Waals surface area contributed by atoms with E-state index in [1.54, 1.807) is 5.92 Å². The van der Waals surface area contributed by atoms with E-state index in [0.29, 0.717) is 17.2 Å². The number of likely N-dealkylation sites (tertiary alicyclic amines) is 1. The molecular formula is C50H47ClF10N9O14PS2. The molecule has 7 rings (SSSR count). The number of hydrogen-bond donors (Lipinski definition) is 4. The smallest absolute Gasteiger partial charge is 0.472 e. The van der Waals surface area contributed by atoms with Gasteiger partial charge in [0.25, 0.3) is 0 Å². The number of terminal acetylenes is 1. The predicted molar refractivity (Wildman–Crippen MR) is 284 cm³/mol. The first-order chi connectivity index (χ1) is 40.0. The Morgan fingerprint density at radius 2 is 1.62 bits per heavy atom. The molecule has 0 radical (unpaired) electrons. The number of sulfone groups is 1. The summed E-state index contributed by atoms with van der Waals surface area (Å²) in [5, 5.41) is 17.8. The lowest BCUT2D eigenvalue weighted by Crippen LogP contribution is -2.52. The molecule has 4 N–H and O–H groups in total. The SMILES string of the molecule is C#C[C@@H]1Cc2c(C(F)(F)F)nn(CC(=O)N[C@@H](Cc3cc(F)cc(F)c3)c3nc(C#CC(C)(C)S(C)(=O)=O)ccc3-c3ccc(Cl)c4c(N(C(=O)N5CCC[C@H]5CN(CC(=O)O)C(=O)OCOP(=O)(O)O)S(C)(=O)=O)nn(CC(F)(F)F)c34)c2C1(F)F. The Morgan fingerprint density at radius 3 is 2.20 bits per heavy atom. The minimum atomic E-state index is -5.37. The molecule has 0 bridgehead atoms. The lowest BCUT2D eigenvalue weighted by atomic mass is 9.93. The van der Waals surface area contributed by atoms with Gasteiger partial charge in [-0.3, -0.25) is 23.9 Å². The number of carboxylic acids is 1. The van der Waals surface area contributed by atoms with E-state index in [2.05, 4.69) is 41.6 Å². The van der Waals surface area contributed by atoms with Crippen molar-refractivity contribution < 1.29 is 109 Å². The molecule has 0 spiro atoms. The number of nitrogens with one attached hydrogen (secondary N) is 1. The standard InChI is InChI=1S/C50H47ClF10N9O14PS2/c1-6-27-19-34-42(50(59,60)61)64-68(43(34)49(27,57)58)22-37(71)63-36(18-26-16-28(52)20-29(53)17-26)40-32(10-9-30(62-40)13-14-47(2,3)86(4,79)80)33-11-12-35(51)39-41(33)69(24-48(54,55)56)65-44(39)70(87(5,81)82)45(74)67-15-7-8-31(67)21-66(23-38(72)73)46(75)83-25-84-85(76,77)78/h1,9-12,16-17,20,27,31,36H,7-8,15,18-19,21-25H2,2-5H3,(H,63,71)(H,72,73)(H2,76,77,78)/t27-,31+,36+/m1/s1. The van der Waals surface area contributed by atoms with E-state index in [1.165, 1.54) is 13.8 Å². The van der Waals surface area contributed by atoms with Crippen molar-refractivity contribution >= 4 is 80.0 Å². The van der Waals surface area contributed by atoms with Gasteiger partial charge < -0.3 is 29.8 Å². The summed E-state index contributed by atoms with van der Waals surface area (Å²) in [6, 6.07) is 1.19. The van der Waals surface area contributed by atoms with Gasteiger partial charge in [-0.05, 0) is 81.3 Å². The predicted octanol–water partition coefficient (Wildman–Crippen LogP) is 6.92. The van der Waals surface area contributed by atoms with E-state index >= 15 is 8.78 Å². The second kappa shape index (κ2) is 24.6. The molecule has 4 heterocycles. The number of pyridine rings is 1. The Labute approximate surface area is 491 Å². The number of urea groups is 1. The second-order valence-electron chi connectivity index (χ2n) is 20.3. The summed E-state index contributed by atoms with van der Waals surface area (Å²) in [5.41, 5.74) is -7.25. The van der Waals surface area contributed by atoms with E-state index in [4.69, 9.17) is 27.8 Å². The number of rotatable bonds is 18. The second-order valence-corrected chi connectivity index (χ2v) is 26.3. The van der Waals surface area contributed by atoms with Crippen LogP contribution in [-0.2, 0) is 81.3 Å². The highest BCUT2D eigenvalue weighted by atomic mass is 35.5. The topological polar surface area (TPSA) is 303 Å². The van der Waals surface area contributed by atoms with Crippen LogP contribution >= 0.6 is 19.4 Å². The third-order valence-electron chi connectivity index (χ3n) is 13.5. The summed E-state index contributed by atoms with van der Waals surface area (Å²) in [6.07, 6.45) is -7.63. The number of fused-ring (bicyclic) bond motifs is 2. The van der Waals surface area contributed by atoms with Gasteiger partial charge in [-0.15, -0.1) is 6.42 Å². The highest BCUT2D eigenvalue weighted by molar-refractivity contribution is 7.93. The van der Waals surface area contributed by atoms with Crippen molar-refractivity contribution in [1.82, 2.24) is 39.7 Å². The number of aliphatic carboxylic acids is 1. The van der Waals surface area contributed by atoms with E-state index in [9.17, 15) is 80.8 Å². The minimum absolute atomic E-state index is 0.0127. The van der Waals surface area contributed by atoms with Crippen LogP contribution in [0.15, 0.2) is 42.5 Å². The quantitative estimate of drug-likeness (QED) is 0.0299. The summed E-state index contributed by atoms with van der Waals surface area (Å²) in [7, 11) is -14.3. The molecule has 2 aromatic carbocycles. The number of amides is 4. The molecule has 1 fully saturated rings. The minimum Gasteiger partial charge on any atom is -0.480 e. The fraction of sp³-hybridized carbons (Fsp3) is 0.420. The van der Waals surface area contributed by atoms with Crippen LogP contribution in [0.2, 0.25) is 5.02 Å². The molecule has 5 aromatic rings. The zero-order valence-corrected chi connectivity index (χ0v) is 48.5. The number of carbonyl (C=O) groups is 4. The van der Waals surface area contributed by atoms with Gasteiger partial charge >= 0.3 is 44.2 Å². The van der Waals surface area contributed by atoms with Crippen molar-refractivity contribution in [3.8, 4) is 35.3 Å². The van der Waals surface area contributed by atoms with Crippen molar-refractivity contribution in [3.63, 3.8) is 0 Å². The molecule has 1 aliphatic carbocycles.